The molecule has 0 fully saturated rings. The van der Waals surface area contributed by atoms with Crippen LogP contribution in [0.25, 0.3) is 0 Å². The highest BCUT2D eigenvalue weighted by Crippen LogP contribution is 2.30. The number of anilines is 4. The van der Waals surface area contributed by atoms with Gasteiger partial charge in [-0.25, -0.2) is 0 Å². The molecule has 216 valence electrons. The summed E-state index contributed by atoms with van der Waals surface area (Å²) in [5.41, 5.74) is 6.95. The quantitative estimate of drug-likeness (QED) is 0.137. The van der Waals surface area contributed by atoms with Crippen molar-refractivity contribution >= 4 is 29.4 Å². The van der Waals surface area contributed by atoms with Gasteiger partial charge in [-0.1, -0.05) is 18.2 Å². The summed E-state index contributed by atoms with van der Waals surface area (Å²) in [5, 5.41) is 12.3. The van der Waals surface area contributed by atoms with E-state index in [-0.39, 0.29) is 5.91 Å². The van der Waals surface area contributed by atoms with Crippen molar-refractivity contribution < 1.29 is 23.7 Å². The van der Waals surface area contributed by atoms with E-state index in [0.29, 0.717) is 87.5 Å². The van der Waals surface area contributed by atoms with E-state index in [9.17, 15) is 4.79 Å². The zero-order valence-corrected chi connectivity index (χ0v) is 22.9. The van der Waals surface area contributed by atoms with Crippen LogP contribution in [-0.2, 0) is 9.47 Å². The molecule has 1 heterocycles. The van der Waals surface area contributed by atoms with Gasteiger partial charge in [-0.2, -0.15) is 15.0 Å². The van der Waals surface area contributed by atoms with Gasteiger partial charge in [0.2, 0.25) is 17.8 Å². The summed E-state index contributed by atoms with van der Waals surface area (Å²) in [6.07, 6.45) is 0.780. The van der Waals surface area contributed by atoms with Crippen LogP contribution < -0.4 is 36.5 Å². The molecule has 13 nitrogen and oxygen atoms in total. The summed E-state index contributed by atoms with van der Waals surface area (Å²) in [4.78, 5) is 25.3. The van der Waals surface area contributed by atoms with Crippen LogP contribution in [-0.4, -0.2) is 87.7 Å². The van der Waals surface area contributed by atoms with Crippen molar-refractivity contribution in [3.8, 4) is 11.5 Å². The third kappa shape index (κ3) is 10.5. The molecule has 1 aromatic heterocycles. The molecule has 0 unspecified atom stereocenters. The molecule has 3 aromatic rings. The highest BCUT2D eigenvalue weighted by molar-refractivity contribution is 5.94. The van der Waals surface area contributed by atoms with Crippen LogP contribution in [0.15, 0.2) is 48.5 Å². The van der Waals surface area contributed by atoms with Gasteiger partial charge in [-0.15, -0.1) is 0 Å². The standard InChI is InChI=1S/C27H38N8O5/c1-37-22-10-9-21(19-23(22)38-2)32-27-34-25(30-12-6-11-28)33-26(35-27)31-14-16-40-18-17-39-15-13-29-24(36)20-7-4-3-5-8-20/h3-5,7-10,19H,6,11-18,28H2,1-2H3,(H,29,36)(H3,30,31,32,33,34,35). The van der Waals surface area contributed by atoms with E-state index in [1.54, 1.807) is 38.5 Å². The number of carbonyl (C=O) groups excluding carboxylic acids is 1. The first kappa shape index (κ1) is 30.3. The number of benzene rings is 2. The van der Waals surface area contributed by atoms with E-state index in [1.165, 1.54) is 0 Å². The Balaban J connectivity index is 1.40. The van der Waals surface area contributed by atoms with Crippen molar-refractivity contribution in [2.24, 2.45) is 5.73 Å². The van der Waals surface area contributed by atoms with Crippen molar-refractivity contribution in [3.05, 3.63) is 54.1 Å². The van der Waals surface area contributed by atoms with E-state index in [0.717, 1.165) is 12.1 Å². The average molecular weight is 555 g/mol. The fraction of sp³-hybridized carbons (Fsp3) is 0.407. The number of ether oxygens (including phenoxy) is 4. The lowest BCUT2D eigenvalue weighted by molar-refractivity contribution is 0.0519. The molecule has 0 saturated carbocycles. The van der Waals surface area contributed by atoms with Crippen molar-refractivity contribution in [3.63, 3.8) is 0 Å². The molecule has 0 atom stereocenters. The molecule has 0 saturated heterocycles. The van der Waals surface area contributed by atoms with Crippen LogP contribution in [0.4, 0.5) is 23.5 Å². The number of amides is 1. The van der Waals surface area contributed by atoms with Crippen molar-refractivity contribution in [2.45, 2.75) is 6.42 Å². The zero-order valence-electron chi connectivity index (χ0n) is 22.9. The molecule has 3 rings (SSSR count). The first-order valence-corrected chi connectivity index (χ1v) is 13.0. The minimum atomic E-state index is -0.121. The molecule has 1 amide bonds. The topological polar surface area (TPSA) is 167 Å². The number of hydrogen-bond acceptors (Lipinski definition) is 12. The van der Waals surface area contributed by atoms with Gasteiger partial charge in [0, 0.05) is 37.0 Å². The maximum Gasteiger partial charge on any atom is 0.251 e. The highest BCUT2D eigenvalue weighted by atomic mass is 16.5. The number of rotatable bonds is 19. The fourth-order valence-corrected chi connectivity index (χ4v) is 3.42. The third-order valence-corrected chi connectivity index (χ3v) is 5.41. The van der Waals surface area contributed by atoms with Gasteiger partial charge in [-0.3, -0.25) is 4.79 Å². The lowest BCUT2D eigenvalue weighted by atomic mass is 10.2. The van der Waals surface area contributed by atoms with Crippen molar-refractivity contribution in [1.82, 2.24) is 20.3 Å². The van der Waals surface area contributed by atoms with Crippen molar-refractivity contribution in [2.75, 3.05) is 82.8 Å². The smallest absolute Gasteiger partial charge is 0.251 e. The number of carbonyl (C=O) groups is 1. The first-order valence-electron chi connectivity index (χ1n) is 13.0. The average Bonchev–Trinajstić information content (AvgIpc) is 2.98. The second-order valence-corrected chi connectivity index (χ2v) is 8.34. The minimum Gasteiger partial charge on any atom is -0.493 e. The third-order valence-electron chi connectivity index (χ3n) is 5.41. The maximum absolute atomic E-state index is 12.0. The second-order valence-electron chi connectivity index (χ2n) is 8.34. The van der Waals surface area contributed by atoms with Crippen molar-refractivity contribution in [1.29, 1.82) is 0 Å². The van der Waals surface area contributed by atoms with Crippen LogP contribution in [0.1, 0.15) is 16.8 Å². The molecule has 0 aliphatic rings. The largest absolute Gasteiger partial charge is 0.493 e. The monoisotopic (exact) mass is 554 g/mol. The molecule has 6 N–H and O–H groups in total. The molecule has 2 aromatic carbocycles. The second kappa shape index (κ2) is 17.4. The highest BCUT2D eigenvalue weighted by Gasteiger charge is 2.10. The molecule has 13 heteroatoms. The van der Waals surface area contributed by atoms with Crippen LogP contribution in [0.2, 0.25) is 0 Å². The molecule has 0 bridgehead atoms. The molecule has 0 aliphatic heterocycles. The molecule has 0 radical (unpaired) electrons. The number of aromatic nitrogens is 3. The summed E-state index contributed by atoms with van der Waals surface area (Å²) >= 11 is 0. The zero-order chi connectivity index (χ0) is 28.4. The summed E-state index contributed by atoms with van der Waals surface area (Å²) in [5.74, 6) is 2.25. The summed E-state index contributed by atoms with van der Waals surface area (Å²) in [6.45, 7) is 3.77. The predicted molar refractivity (Wildman–Crippen MR) is 154 cm³/mol. The Morgan fingerprint density at radius 3 is 2.10 bits per heavy atom. The van der Waals surface area contributed by atoms with Gasteiger partial charge in [0.25, 0.3) is 5.91 Å². The Kier molecular flexibility index (Phi) is 13.2. The number of hydrogen-bond donors (Lipinski definition) is 5. The van der Waals surface area contributed by atoms with Gasteiger partial charge < -0.3 is 45.9 Å². The normalized spacial score (nSPS) is 10.6. The lowest BCUT2D eigenvalue weighted by Crippen LogP contribution is -2.27. The SMILES string of the molecule is COc1ccc(Nc2nc(NCCCN)nc(NCCOCCOCCNC(=O)c3ccccc3)n2)cc1OC. The Hall–Kier alpha value is -4.20. The van der Waals surface area contributed by atoms with E-state index < -0.39 is 0 Å². The van der Waals surface area contributed by atoms with Gasteiger partial charge >= 0.3 is 0 Å². The molecular formula is C27H38N8O5. The van der Waals surface area contributed by atoms with Gasteiger partial charge in [0.05, 0.1) is 40.6 Å². The van der Waals surface area contributed by atoms with Crippen LogP contribution in [0, 0.1) is 0 Å². The van der Waals surface area contributed by atoms with Crippen LogP contribution >= 0.6 is 0 Å². The van der Waals surface area contributed by atoms with Crippen LogP contribution in [0.5, 0.6) is 11.5 Å². The maximum atomic E-state index is 12.0. The summed E-state index contributed by atoms with van der Waals surface area (Å²) in [7, 11) is 3.16. The molecule has 40 heavy (non-hydrogen) atoms. The molecule has 0 spiro atoms. The molecule has 0 aliphatic carbocycles. The summed E-state index contributed by atoms with van der Waals surface area (Å²) < 4.78 is 21.8. The minimum absolute atomic E-state index is 0.121. The van der Waals surface area contributed by atoms with E-state index in [4.69, 9.17) is 24.7 Å². The number of methoxy groups -OCH3 is 2. The van der Waals surface area contributed by atoms with E-state index in [2.05, 4.69) is 36.2 Å². The Bertz CT molecular complexity index is 1170. The lowest BCUT2D eigenvalue weighted by Gasteiger charge is -2.13. The van der Waals surface area contributed by atoms with Gasteiger partial charge in [-0.05, 0) is 37.2 Å². The summed E-state index contributed by atoms with van der Waals surface area (Å²) in [6, 6.07) is 14.5. The van der Waals surface area contributed by atoms with Crippen LogP contribution in [0.3, 0.4) is 0 Å². The Labute approximate surface area is 234 Å². The Morgan fingerprint density at radius 1 is 0.775 bits per heavy atom. The number of nitrogens with two attached hydrogens (primary N) is 1. The Morgan fingerprint density at radius 2 is 1.43 bits per heavy atom. The fourth-order valence-electron chi connectivity index (χ4n) is 3.42. The predicted octanol–water partition coefficient (Wildman–Crippen LogP) is 2.27. The van der Waals surface area contributed by atoms with Gasteiger partial charge in [0.15, 0.2) is 11.5 Å². The number of nitrogens with one attached hydrogen (secondary N) is 4. The molecular weight excluding hydrogens is 516 g/mol. The van der Waals surface area contributed by atoms with E-state index in [1.807, 2.05) is 24.3 Å². The first-order chi connectivity index (χ1) is 19.6. The van der Waals surface area contributed by atoms with Gasteiger partial charge in [0.1, 0.15) is 0 Å². The number of nitrogens with zero attached hydrogens (tertiary/aromatic N) is 3. The van der Waals surface area contributed by atoms with E-state index >= 15 is 0 Å².